The van der Waals surface area contributed by atoms with Crippen LogP contribution in [0.4, 0.5) is 5.13 Å². The minimum absolute atomic E-state index is 0.0200. The number of nitrogens with zero attached hydrogens (tertiary/aromatic N) is 3. The third-order valence-corrected chi connectivity index (χ3v) is 7.89. The van der Waals surface area contributed by atoms with E-state index >= 15 is 0 Å². The number of benzene rings is 2. The zero-order valence-electron chi connectivity index (χ0n) is 22.3. The number of aromatic nitrogens is 2. The fraction of sp³-hybridized carbons (Fsp3) is 0.290. The number of ether oxygens (including phenoxy) is 1. The highest BCUT2D eigenvalue weighted by molar-refractivity contribution is 7.22. The van der Waals surface area contributed by atoms with E-state index in [-0.39, 0.29) is 11.3 Å². The molecule has 2 aromatic carbocycles. The van der Waals surface area contributed by atoms with Crippen molar-refractivity contribution in [1.29, 1.82) is 0 Å². The molecule has 1 aliphatic rings. The standard InChI is InChI=1S/C31H31N3O4S/c1-4-5-6-7-16-38-23-10-8-21(9-11-23)27-25(28(35)22-12-14-32-15-13-22)29(36)30(37)34(27)31-33-26-20(3)17-19(2)18-24(26)39-31/h8-15,17-18,27,35H,4-7,16H2,1-3H3/b28-25+. The van der Waals surface area contributed by atoms with Crippen molar-refractivity contribution >= 4 is 44.1 Å². The van der Waals surface area contributed by atoms with Crippen LogP contribution in [-0.2, 0) is 9.59 Å². The Hall–Kier alpha value is -4.04. The minimum Gasteiger partial charge on any atom is -0.507 e. The maximum absolute atomic E-state index is 13.5. The number of fused-ring (bicyclic) bond motifs is 1. The third-order valence-electron chi connectivity index (χ3n) is 6.89. The van der Waals surface area contributed by atoms with E-state index in [2.05, 4.69) is 11.9 Å². The van der Waals surface area contributed by atoms with E-state index in [9.17, 15) is 14.7 Å². The van der Waals surface area contributed by atoms with Gasteiger partial charge in [-0.3, -0.25) is 19.5 Å². The predicted octanol–water partition coefficient (Wildman–Crippen LogP) is 6.89. The summed E-state index contributed by atoms with van der Waals surface area (Å²) in [5.41, 5.74) is 3.99. The van der Waals surface area contributed by atoms with Gasteiger partial charge in [-0.15, -0.1) is 0 Å². The molecule has 5 rings (SSSR count). The second-order valence-electron chi connectivity index (χ2n) is 9.81. The molecule has 0 aliphatic carbocycles. The van der Waals surface area contributed by atoms with Crippen LogP contribution in [0.3, 0.4) is 0 Å². The summed E-state index contributed by atoms with van der Waals surface area (Å²) >= 11 is 1.36. The molecule has 200 valence electrons. The Bertz CT molecular complexity index is 1540. The molecule has 2 aromatic heterocycles. The molecule has 8 heteroatoms. The van der Waals surface area contributed by atoms with Gasteiger partial charge in [-0.25, -0.2) is 4.98 Å². The first-order valence-electron chi connectivity index (χ1n) is 13.2. The van der Waals surface area contributed by atoms with Gasteiger partial charge in [0.15, 0.2) is 5.13 Å². The first-order valence-corrected chi connectivity index (χ1v) is 14.0. The molecule has 3 heterocycles. The molecule has 7 nitrogen and oxygen atoms in total. The number of hydrogen-bond acceptors (Lipinski definition) is 7. The van der Waals surface area contributed by atoms with Crippen molar-refractivity contribution in [2.75, 3.05) is 11.5 Å². The van der Waals surface area contributed by atoms with Crippen molar-refractivity contribution in [2.24, 2.45) is 0 Å². The molecule has 1 N–H and O–H groups in total. The molecule has 0 spiro atoms. The molecular weight excluding hydrogens is 510 g/mol. The summed E-state index contributed by atoms with van der Waals surface area (Å²) in [5, 5.41) is 11.7. The number of carbonyl (C=O) groups is 2. The number of pyridine rings is 1. The molecule has 0 bridgehead atoms. The lowest BCUT2D eigenvalue weighted by Gasteiger charge is -2.23. The number of hydrogen-bond donors (Lipinski definition) is 1. The van der Waals surface area contributed by atoms with Crippen molar-refractivity contribution in [3.05, 3.63) is 88.8 Å². The number of aliphatic hydroxyl groups is 1. The molecule has 39 heavy (non-hydrogen) atoms. The Morgan fingerprint density at radius 3 is 2.49 bits per heavy atom. The number of amides is 1. The molecule has 4 aromatic rings. The van der Waals surface area contributed by atoms with Crippen molar-refractivity contribution < 1.29 is 19.4 Å². The van der Waals surface area contributed by atoms with Crippen molar-refractivity contribution in [2.45, 2.75) is 52.5 Å². The molecular formula is C31H31N3O4S. The average molecular weight is 542 g/mol. The maximum atomic E-state index is 13.5. The topological polar surface area (TPSA) is 92.6 Å². The summed E-state index contributed by atoms with van der Waals surface area (Å²) in [5.74, 6) is -1.00. The quantitative estimate of drug-likeness (QED) is 0.107. The van der Waals surface area contributed by atoms with E-state index in [0.717, 1.165) is 34.2 Å². The van der Waals surface area contributed by atoms with Gasteiger partial charge in [0.05, 0.1) is 28.4 Å². The largest absolute Gasteiger partial charge is 0.507 e. The van der Waals surface area contributed by atoms with Gasteiger partial charge in [-0.1, -0.05) is 55.7 Å². The monoisotopic (exact) mass is 541 g/mol. The fourth-order valence-electron chi connectivity index (χ4n) is 4.94. The van der Waals surface area contributed by atoms with Gasteiger partial charge in [-0.2, -0.15) is 0 Å². The smallest absolute Gasteiger partial charge is 0.301 e. The summed E-state index contributed by atoms with van der Waals surface area (Å²) < 4.78 is 6.84. The van der Waals surface area contributed by atoms with E-state index in [0.29, 0.717) is 28.6 Å². The van der Waals surface area contributed by atoms with Gasteiger partial charge in [0.2, 0.25) is 0 Å². The van der Waals surface area contributed by atoms with E-state index in [4.69, 9.17) is 9.72 Å². The number of unbranched alkanes of at least 4 members (excludes halogenated alkanes) is 3. The molecule has 1 aliphatic heterocycles. The van der Waals surface area contributed by atoms with Gasteiger partial charge >= 0.3 is 5.91 Å². The van der Waals surface area contributed by atoms with E-state index in [1.54, 1.807) is 12.1 Å². The Balaban J connectivity index is 1.57. The van der Waals surface area contributed by atoms with Gasteiger partial charge in [0, 0.05) is 18.0 Å². The second-order valence-corrected chi connectivity index (χ2v) is 10.8. The minimum atomic E-state index is -0.848. The Labute approximate surface area is 231 Å². The number of aryl methyl sites for hydroxylation is 2. The normalized spacial score (nSPS) is 16.8. The first kappa shape index (κ1) is 26.6. The lowest BCUT2D eigenvalue weighted by molar-refractivity contribution is -0.132. The van der Waals surface area contributed by atoms with Crippen LogP contribution in [0.25, 0.3) is 16.0 Å². The summed E-state index contributed by atoms with van der Waals surface area (Å²) in [7, 11) is 0. The zero-order valence-corrected chi connectivity index (χ0v) is 23.1. The number of rotatable bonds is 9. The maximum Gasteiger partial charge on any atom is 0.301 e. The molecule has 1 fully saturated rings. The van der Waals surface area contributed by atoms with E-state index in [1.807, 2.05) is 50.2 Å². The van der Waals surface area contributed by atoms with Gasteiger partial charge in [-0.05, 0) is 67.3 Å². The van der Waals surface area contributed by atoms with Crippen LogP contribution in [0.5, 0.6) is 5.75 Å². The van der Waals surface area contributed by atoms with Crippen LogP contribution in [0.1, 0.15) is 60.9 Å². The Morgan fingerprint density at radius 2 is 1.77 bits per heavy atom. The lowest BCUT2D eigenvalue weighted by atomic mass is 9.95. The third kappa shape index (κ3) is 5.29. The summed E-state index contributed by atoms with van der Waals surface area (Å²) in [6.45, 7) is 6.80. The summed E-state index contributed by atoms with van der Waals surface area (Å²) in [6.07, 6.45) is 7.53. The molecule has 0 radical (unpaired) electrons. The molecule has 1 amide bonds. The van der Waals surface area contributed by atoms with Crippen LogP contribution in [-0.4, -0.2) is 33.4 Å². The SMILES string of the molecule is CCCCCCOc1ccc(C2/C(=C(\O)c3ccncc3)C(=O)C(=O)N2c2nc3c(C)cc(C)cc3s2)cc1. The summed E-state index contributed by atoms with van der Waals surface area (Å²) in [4.78, 5) is 37.2. The van der Waals surface area contributed by atoms with Gasteiger partial charge in [0.25, 0.3) is 5.78 Å². The number of Topliss-reactive ketones (excluding diaryl/α,β-unsaturated/α-hetero) is 1. The van der Waals surface area contributed by atoms with E-state index in [1.165, 1.54) is 41.5 Å². The molecule has 1 saturated heterocycles. The Morgan fingerprint density at radius 1 is 1.03 bits per heavy atom. The highest BCUT2D eigenvalue weighted by Gasteiger charge is 2.48. The number of ketones is 1. The predicted molar refractivity (Wildman–Crippen MR) is 154 cm³/mol. The second kappa shape index (κ2) is 11.4. The number of carbonyl (C=O) groups excluding carboxylic acids is 2. The first-order chi connectivity index (χ1) is 18.9. The van der Waals surface area contributed by atoms with Gasteiger partial charge < -0.3 is 9.84 Å². The zero-order chi connectivity index (χ0) is 27.5. The van der Waals surface area contributed by atoms with Crippen LogP contribution >= 0.6 is 11.3 Å². The van der Waals surface area contributed by atoms with Crippen molar-refractivity contribution in [3.63, 3.8) is 0 Å². The molecule has 1 atom stereocenters. The Kier molecular flexibility index (Phi) is 7.74. The van der Waals surface area contributed by atoms with Crippen LogP contribution in [0, 0.1) is 13.8 Å². The fourth-order valence-corrected chi connectivity index (χ4v) is 6.11. The van der Waals surface area contributed by atoms with E-state index < -0.39 is 17.7 Å². The summed E-state index contributed by atoms with van der Waals surface area (Å²) in [6, 6.07) is 13.8. The van der Waals surface area contributed by atoms with Crippen molar-refractivity contribution in [3.8, 4) is 5.75 Å². The van der Waals surface area contributed by atoms with Crippen LogP contribution < -0.4 is 9.64 Å². The average Bonchev–Trinajstić information content (AvgIpc) is 3.47. The van der Waals surface area contributed by atoms with Crippen molar-refractivity contribution in [1.82, 2.24) is 9.97 Å². The van der Waals surface area contributed by atoms with Crippen LogP contribution in [0.2, 0.25) is 0 Å². The lowest BCUT2D eigenvalue weighted by Crippen LogP contribution is -2.29. The molecule has 1 unspecified atom stereocenters. The number of aliphatic hydroxyl groups excluding tert-OH is 1. The number of thiazole rings is 1. The highest BCUT2D eigenvalue weighted by atomic mass is 32.1. The van der Waals surface area contributed by atoms with Gasteiger partial charge in [0.1, 0.15) is 11.5 Å². The molecule has 0 saturated carbocycles. The highest BCUT2D eigenvalue weighted by Crippen LogP contribution is 2.45. The number of anilines is 1. The van der Waals surface area contributed by atoms with Crippen LogP contribution in [0.15, 0.2) is 66.5 Å².